The predicted molar refractivity (Wildman–Crippen MR) is 93.3 cm³/mol. The van der Waals surface area contributed by atoms with E-state index in [1.54, 1.807) is 0 Å². The van der Waals surface area contributed by atoms with Crippen LogP contribution in [-0.4, -0.2) is 28.3 Å². The van der Waals surface area contributed by atoms with Gasteiger partial charge in [0.05, 0.1) is 5.41 Å². The number of carbonyl (C=O) groups is 2. The summed E-state index contributed by atoms with van der Waals surface area (Å²) in [5.41, 5.74) is 8.76. The first-order valence-corrected chi connectivity index (χ1v) is 8.75. The van der Waals surface area contributed by atoms with Crippen molar-refractivity contribution in [3.8, 4) is 0 Å². The molecule has 27 heavy (non-hydrogen) atoms. The predicted octanol–water partition coefficient (Wildman–Crippen LogP) is 4.00. The fraction of sp³-hybridized carbons (Fsp3) is 0.579. The summed E-state index contributed by atoms with van der Waals surface area (Å²) < 4.78 is 31.7. The van der Waals surface area contributed by atoms with Gasteiger partial charge in [-0.25, -0.2) is 4.79 Å². The summed E-state index contributed by atoms with van der Waals surface area (Å²) in [6.07, 6.45) is -0.309. The molecule has 0 saturated heterocycles. The number of aliphatic carboxylic acids is 2. The van der Waals surface area contributed by atoms with Gasteiger partial charge in [0.15, 0.2) is 0 Å². The number of halogens is 3. The number of hydrogen-bond acceptors (Lipinski definition) is 3. The van der Waals surface area contributed by atoms with Crippen LogP contribution in [0.25, 0.3) is 0 Å². The van der Waals surface area contributed by atoms with Gasteiger partial charge in [0, 0.05) is 5.69 Å². The van der Waals surface area contributed by atoms with Crippen molar-refractivity contribution in [1.29, 1.82) is 0 Å². The number of nitrogen functional groups attached to an aromatic ring is 1. The lowest BCUT2D eigenvalue weighted by Gasteiger charge is -2.53. The van der Waals surface area contributed by atoms with Crippen molar-refractivity contribution in [2.45, 2.75) is 57.5 Å². The largest absolute Gasteiger partial charge is 0.490 e. The molecule has 4 N–H and O–H groups in total. The second-order valence-corrected chi connectivity index (χ2v) is 7.80. The van der Waals surface area contributed by atoms with Gasteiger partial charge in [0.2, 0.25) is 0 Å². The van der Waals surface area contributed by atoms with E-state index >= 15 is 0 Å². The van der Waals surface area contributed by atoms with Crippen LogP contribution in [0.2, 0.25) is 0 Å². The van der Waals surface area contributed by atoms with E-state index in [4.69, 9.17) is 15.6 Å². The Morgan fingerprint density at radius 2 is 1.78 bits per heavy atom. The third-order valence-corrected chi connectivity index (χ3v) is 6.11. The topological polar surface area (TPSA) is 101 Å². The summed E-state index contributed by atoms with van der Waals surface area (Å²) in [4.78, 5) is 20.7. The Balaban J connectivity index is 0.000000321. The van der Waals surface area contributed by atoms with Crippen molar-refractivity contribution in [2.24, 2.45) is 11.3 Å². The zero-order valence-corrected chi connectivity index (χ0v) is 15.3. The molecule has 0 aromatic heterocycles. The van der Waals surface area contributed by atoms with Crippen molar-refractivity contribution >= 4 is 17.6 Å². The van der Waals surface area contributed by atoms with Crippen molar-refractivity contribution in [2.75, 3.05) is 5.73 Å². The minimum Gasteiger partial charge on any atom is -0.481 e. The van der Waals surface area contributed by atoms with E-state index in [1.807, 2.05) is 13.0 Å². The standard InChI is InChI=1S/C17H23NO2.C2HF3O2/c1-16-8-3-9-17(2,15(19)20)14(16)7-5-11-4-6-12(18)10-13(11)16;3-2(4,5)1(6)7/h4,6,10,14H,3,5,7-9,18H2,1-2H3,(H,19,20);(H,6,7)/t14-,16-,17+;/m1./s1. The van der Waals surface area contributed by atoms with Gasteiger partial charge < -0.3 is 15.9 Å². The number of hydrogen-bond donors (Lipinski definition) is 3. The number of carboxylic acid groups (broad SMARTS) is 2. The number of nitrogens with two attached hydrogens (primary N) is 1. The smallest absolute Gasteiger partial charge is 0.481 e. The van der Waals surface area contributed by atoms with Crippen LogP contribution in [-0.2, 0) is 21.4 Å². The van der Waals surface area contributed by atoms with Crippen molar-refractivity contribution < 1.29 is 33.0 Å². The molecule has 1 saturated carbocycles. The number of alkyl halides is 3. The van der Waals surface area contributed by atoms with E-state index in [0.717, 1.165) is 37.8 Å². The highest BCUT2D eigenvalue weighted by Gasteiger charge is 2.55. The second-order valence-electron chi connectivity index (χ2n) is 7.80. The van der Waals surface area contributed by atoms with E-state index in [2.05, 4.69) is 19.1 Å². The molecule has 0 spiro atoms. The number of rotatable bonds is 1. The van der Waals surface area contributed by atoms with E-state index in [9.17, 15) is 23.1 Å². The maximum atomic E-state index is 11.8. The van der Waals surface area contributed by atoms with Crippen LogP contribution in [0.15, 0.2) is 18.2 Å². The molecule has 1 fully saturated rings. The Hall–Kier alpha value is -2.25. The lowest BCUT2D eigenvalue weighted by Crippen LogP contribution is -2.52. The third kappa shape index (κ3) is 3.89. The fourth-order valence-corrected chi connectivity index (χ4v) is 4.73. The molecule has 8 heteroatoms. The second kappa shape index (κ2) is 7.05. The van der Waals surface area contributed by atoms with Gasteiger partial charge in [0.1, 0.15) is 0 Å². The van der Waals surface area contributed by atoms with Crippen molar-refractivity contribution in [3.05, 3.63) is 29.3 Å². The maximum absolute atomic E-state index is 11.8. The highest BCUT2D eigenvalue weighted by atomic mass is 19.4. The molecule has 0 heterocycles. The highest BCUT2D eigenvalue weighted by Crippen LogP contribution is 2.57. The summed E-state index contributed by atoms with van der Waals surface area (Å²) in [5, 5.41) is 16.9. The SMILES string of the molecule is C[C@]1(C(=O)O)CCC[C@]2(C)c3cc(N)ccc3CC[C@@H]12.O=C(O)C(F)(F)F. The zero-order valence-electron chi connectivity index (χ0n) is 15.3. The summed E-state index contributed by atoms with van der Waals surface area (Å²) in [7, 11) is 0. The van der Waals surface area contributed by atoms with Gasteiger partial charge in [0.25, 0.3) is 0 Å². The summed E-state index contributed by atoms with van der Waals surface area (Å²) in [6.45, 7) is 4.18. The number of fused-ring (bicyclic) bond motifs is 3. The average Bonchev–Trinajstić information content (AvgIpc) is 2.54. The number of benzene rings is 1. The van der Waals surface area contributed by atoms with Gasteiger partial charge in [-0.05, 0) is 67.2 Å². The van der Waals surface area contributed by atoms with Crippen LogP contribution in [0.4, 0.5) is 18.9 Å². The fourth-order valence-electron chi connectivity index (χ4n) is 4.73. The average molecular weight is 387 g/mol. The first kappa shape index (κ1) is 21.1. The van der Waals surface area contributed by atoms with Crippen LogP contribution in [0.1, 0.15) is 50.7 Å². The molecule has 3 atom stereocenters. The Morgan fingerprint density at radius 1 is 1.19 bits per heavy atom. The van der Waals surface area contributed by atoms with E-state index in [-0.39, 0.29) is 11.3 Å². The zero-order chi connectivity index (χ0) is 20.6. The number of anilines is 1. The third-order valence-electron chi connectivity index (χ3n) is 6.11. The molecule has 1 aromatic rings. The minimum absolute atomic E-state index is 0.0473. The normalized spacial score (nSPS) is 29.6. The molecule has 0 bridgehead atoms. The van der Waals surface area contributed by atoms with Gasteiger partial charge >= 0.3 is 18.1 Å². The monoisotopic (exact) mass is 387 g/mol. The lowest BCUT2D eigenvalue weighted by atomic mass is 9.50. The maximum Gasteiger partial charge on any atom is 0.490 e. The van der Waals surface area contributed by atoms with Crippen LogP contribution >= 0.6 is 0 Å². The first-order valence-electron chi connectivity index (χ1n) is 8.75. The van der Waals surface area contributed by atoms with Crippen molar-refractivity contribution in [3.63, 3.8) is 0 Å². The minimum atomic E-state index is -5.08. The summed E-state index contributed by atoms with van der Waals surface area (Å²) in [6, 6.07) is 6.16. The molecular formula is C19H24F3NO4. The Kier molecular flexibility index (Phi) is 5.50. The molecule has 2 aliphatic rings. The van der Waals surface area contributed by atoms with Gasteiger partial charge in [-0.3, -0.25) is 4.79 Å². The van der Waals surface area contributed by atoms with Gasteiger partial charge in [-0.2, -0.15) is 13.2 Å². The van der Waals surface area contributed by atoms with Gasteiger partial charge in [-0.15, -0.1) is 0 Å². The van der Waals surface area contributed by atoms with Crippen LogP contribution in [0.5, 0.6) is 0 Å². The lowest BCUT2D eigenvalue weighted by molar-refractivity contribution is -0.192. The summed E-state index contributed by atoms with van der Waals surface area (Å²) >= 11 is 0. The van der Waals surface area contributed by atoms with E-state index in [0.29, 0.717) is 0 Å². The van der Waals surface area contributed by atoms with Crippen LogP contribution in [0.3, 0.4) is 0 Å². The van der Waals surface area contributed by atoms with E-state index in [1.165, 1.54) is 11.1 Å². The first-order chi connectivity index (χ1) is 12.3. The van der Waals surface area contributed by atoms with Crippen molar-refractivity contribution in [1.82, 2.24) is 0 Å². The highest BCUT2D eigenvalue weighted by molar-refractivity contribution is 5.75. The van der Waals surface area contributed by atoms with Gasteiger partial charge in [-0.1, -0.05) is 19.4 Å². The molecule has 0 aliphatic heterocycles. The van der Waals surface area contributed by atoms with Crippen LogP contribution < -0.4 is 5.73 Å². The van der Waals surface area contributed by atoms with Crippen LogP contribution in [0, 0.1) is 11.3 Å². The number of aryl methyl sites for hydroxylation is 1. The Labute approximate surface area is 155 Å². The molecule has 0 amide bonds. The summed E-state index contributed by atoms with van der Waals surface area (Å²) in [5.74, 6) is -3.19. The Morgan fingerprint density at radius 3 is 2.30 bits per heavy atom. The molecule has 2 aliphatic carbocycles. The molecule has 150 valence electrons. The molecule has 3 rings (SSSR count). The molecule has 1 aromatic carbocycles. The number of carboxylic acids is 2. The quantitative estimate of drug-likeness (QED) is 0.633. The molecule has 5 nitrogen and oxygen atoms in total. The molecule has 0 unspecified atom stereocenters. The Bertz CT molecular complexity index is 749. The van der Waals surface area contributed by atoms with E-state index < -0.39 is 23.5 Å². The molecular weight excluding hydrogens is 363 g/mol. The molecule has 0 radical (unpaired) electrons.